The standard InChI is InChI=1S/C24H16BrN3O6/c25-17-7-9-18(10-8-17)27-23(30)19(22(29)26-24(27)31)12-16-6-11-21(20(13-16)28(32)33)34-14-15-4-2-1-3-5-15/h1-13H,14H2,(H,26,29,31)/b19-12+. The van der Waals surface area contributed by atoms with E-state index in [2.05, 4.69) is 21.2 Å². The number of hydrogen-bond acceptors (Lipinski definition) is 6. The molecular weight excluding hydrogens is 506 g/mol. The van der Waals surface area contributed by atoms with Crippen molar-refractivity contribution in [2.75, 3.05) is 4.90 Å². The van der Waals surface area contributed by atoms with E-state index < -0.39 is 22.8 Å². The van der Waals surface area contributed by atoms with Crippen molar-refractivity contribution in [3.05, 3.63) is 104 Å². The van der Waals surface area contributed by atoms with Gasteiger partial charge in [-0.05, 0) is 47.5 Å². The number of ether oxygens (including phenoxy) is 1. The number of nitrogens with zero attached hydrogens (tertiary/aromatic N) is 2. The molecule has 1 aliphatic heterocycles. The van der Waals surface area contributed by atoms with Crippen LogP contribution in [-0.2, 0) is 16.2 Å². The lowest BCUT2D eigenvalue weighted by atomic mass is 10.1. The van der Waals surface area contributed by atoms with Crippen LogP contribution in [0.2, 0.25) is 0 Å². The Balaban J connectivity index is 1.63. The molecule has 0 aromatic heterocycles. The molecule has 0 atom stereocenters. The molecule has 1 saturated heterocycles. The third-order valence-electron chi connectivity index (χ3n) is 4.91. The highest BCUT2D eigenvalue weighted by molar-refractivity contribution is 9.10. The first-order chi connectivity index (χ1) is 16.3. The minimum absolute atomic E-state index is 0.0436. The smallest absolute Gasteiger partial charge is 0.335 e. The average molecular weight is 522 g/mol. The Hall–Kier alpha value is -4.31. The normalized spacial score (nSPS) is 14.8. The molecule has 0 radical (unpaired) electrons. The van der Waals surface area contributed by atoms with Gasteiger partial charge in [0.1, 0.15) is 12.2 Å². The number of amides is 4. The molecule has 10 heteroatoms. The van der Waals surface area contributed by atoms with Crippen molar-refractivity contribution in [3.63, 3.8) is 0 Å². The highest BCUT2D eigenvalue weighted by atomic mass is 79.9. The van der Waals surface area contributed by atoms with Crippen molar-refractivity contribution in [2.45, 2.75) is 6.61 Å². The molecule has 0 aliphatic carbocycles. The van der Waals surface area contributed by atoms with E-state index in [0.29, 0.717) is 0 Å². The molecule has 1 heterocycles. The van der Waals surface area contributed by atoms with Crippen molar-refractivity contribution < 1.29 is 24.0 Å². The summed E-state index contributed by atoms with van der Waals surface area (Å²) >= 11 is 3.28. The van der Waals surface area contributed by atoms with Crippen LogP contribution in [0.15, 0.2) is 82.8 Å². The summed E-state index contributed by atoms with van der Waals surface area (Å²) in [6, 6.07) is 18.7. The van der Waals surface area contributed by atoms with E-state index in [1.54, 1.807) is 24.3 Å². The van der Waals surface area contributed by atoms with Gasteiger partial charge in [-0.25, -0.2) is 9.69 Å². The summed E-state index contributed by atoms with van der Waals surface area (Å²) in [6.07, 6.45) is 1.20. The molecule has 3 aromatic carbocycles. The van der Waals surface area contributed by atoms with Crippen molar-refractivity contribution in [1.29, 1.82) is 0 Å². The van der Waals surface area contributed by atoms with Crippen LogP contribution in [0.3, 0.4) is 0 Å². The zero-order chi connectivity index (χ0) is 24.2. The molecule has 0 unspecified atom stereocenters. The predicted octanol–water partition coefficient (Wildman–Crippen LogP) is 4.60. The summed E-state index contributed by atoms with van der Waals surface area (Å²) in [7, 11) is 0. The molecule has 3 aromatic rings. The lowest BCUT2D eigenvalue weighted by Crippen LogP contribution is -2.54. The van der Waals surface area contributed by atoms with Gasteiger partial charge in [-0.15, -0.1) is 0 Å². The minimum Gasteiger partial charge on any atom is -0.482 e. The fourth-order valence-corrected chi connectivity index (χ4v) is 3.54. The number of carbonyl (C=O) groups excluding carboxylic acids is 3. The maximum absolute atomic E-state index is 13.0. The van der Waals surface area contributed by atoms with Gasteiger partial charge in [-0.2, -0.15) is 0 Å². The summed E-state index contributed by atoms with van der Waals surface area (Å²) in [4.78, 5) is 49.5. The minimum atomic E-state index is -0.893. The average Bonchev–Trinajstić information content (AvgIpc) is 2.82. The van der Waals surface area contributed by atoms with Crippen LogP contribution in [0, 0.1) is 10.1 Å². The Morgan fingerprint density at radius 1 is 1.00 bits per heavy atom. The van der Waals surface area contributed by atoms with Crippen LogP contribution in [0.5, 0.6) is 5.75 Å². The number of hydrogen-bond donors (Lipinski definition) is 1. The summed E-state index contributed by atoms with van der Waals surface area (Å²) in [6.45, 7) is 0.132. The third-order valence-corrected chi connectivity index (χ3v) is 5.44. The van der Waals surface area contributed by atoms with Gasteiger partial charge in [0, 0.05) is 10.5 Å². The highest BCUT2D eigenvalue weighted by Gasteiger charge is 2.36. The van der Waals surface area contributed by atoms with Gasteiger partial charge in [0.05, 0.1) is 10.6 Å². The molecule has 9 nitrogen and oxygen atoms in total. The zero-order valence-corrected chi connectivity index (χ0v) is 19.0. The molecule has 0 bridgehead atoms. The van der Waals surface area contributed by atoms with E-state index in [-0.39, 0.29) is 34.9 Å². The largest absolute Gasteiger partial charge is 0.482 e. The van der Waals surface area contributed by atoms with E-state index in [0.717, 1.165) is 14.9 Å². The topological polar surface area (TPSA) is 119 Å². The van der Waals surface area contributed by atoms with Crippen molar-refractivity contribution >= 4 is 51.2 Å². The SMILES string of the molecule is O=C1NC(=O)N(c2ccc(Br)cc2)C(=O)/C1=C/c1ccc(OCc2ccccc2)c([N+](=O)[O-])c1. The Kier molecular flexibility index (Phi) is 6.51. The van der Waals surface area contributed by atoms with Crippen LogP contribution in [0.25, 0.3) is 6.08 Å². The zero-order valence-electron chi connectivity index (χ0n) is 17.4. The lowest BCUT2D eigenvalue weighted by molar-refractivity contribution is -0.386. The fraction of sp³-hybridized carbons (Fsp3) is 0.0417. The number of urea groups is 1. The Morgan fingerprint density at radius 3 is 2.38 bits per heavy atom. The first kappa shape index (κ1) is 22.9. The molecule has 0 spiro atoms. The van der Waals surface area contributed by atoms with Crippen LogP contribution < -0.4 is 15.0 Å². The second kappa shape index (κ2) is 9.67. The van der Waals surface area contributed by atoms with Crippen LogP contribution >= 0.6 is 15.9 Å². The third kappa shape index (κ3) is 4.86. The van der Waals surface area contributed by atoms with Crippen LogP contribution in [-0.4, -0.2) is 22.8 Å². The number of nitro benzene ring substituents is 1. The number of rotatable bonds is 6. The number of imide groups is 2. The maximum atomic E-state index is 13.0. The molecular formula is C24H16BrN3O6. The highest BCUT2D eigenvalue weighted by Crippen LogP contribution is 2.30. The van der Waals surface area contributed by atoms with Gasteiger partial charge in [-0.1, -0.05) is 52.3 Å². The Labute approximate surface area is 201 Å². The van der Waals surface area contributed by atoms with Gasteiger partial charge >= 0.3 is 11.7 Å². The lowest BCUT2D eigenvalue weighted by Gasteiger charge is -2.26. The van der Waals surface area contributed by atoms with Crippen molar-refractivity contribution in [3.8, 4) is 5.75 Å². The second-order valence-corrected chi connectivity index (χ2v) is 8.11. The first-order valence-corrected chi connectivity index (χ1v) is 10.7. The molecule has 4 rings (SSSR count). The van der Waals surface area contributed by atoms with E-state index in [1.165, 1.54) is 24.3 Å². The second-order valence-electron chi connectivity index (χ2n) is 7.19. The van der Waals surface area contributed by atoms with E-state index in [4.69, 9.17) is 4.74 Å². The molecule has 1 fully saturated rings. The number of benzene rings is 3. The Bertz CT molecular complexity index is 1320. The summed E-state index contributed by atoms with van der Waals surface area (Å²) in [5.74, 6) is -1.69. The number of anilines is 1. The van der Waals surface area contributed by atoms with Gasteiger partial charge < -0.3 is 4.74 Å². The molecule has 1 aliphatic rings. The molecule has 4 amide bonds. The summed E-state index contributed by atoms with van der Waals surface area (Å²) < 4.78 is 6.35. The first-order valence-electron chi connectivity index (χ1n) is 9.95. The number of nitrogens with one attached hydrogen (secondary N) is 1. The van der Waals surface area contributed by atoms with Crippen LogP contribution in [0.1, 0.15) is 11.1 Å². The quantitative estimate of drug-likeness (QED) is 0.219. The van der Waals surface area contributed by atoms with Gasteiger partial charge in [0.2, 0.25) is 0 Å². The van der Waals surface area contributed by atoms with E-state index in [1.807, 2.05) is 30.3 Å². The molecule has 1 N–H and O–H groups in total. The van der Waals surface area contributed by atoms with Gasteiger partial charge in [0.25, 0.3) is 11.8 Å². The number of carbonyl (C=O) groups is 3. The van der Waals surface area contributed by atoms with Crippen LogP contribution in [0.4, 0.5) is 16.2 Å². The molecule has 34 heavy (non-hydrogen) atoms. The van der Waals surface area contributed by atoms with Gasteiger partial charge in [-0.3, -0.25) is 25.0 Å². The number of halogens is 1. The van der Waals surface area contributed by atoms with Crippen molar-refractivity contribution in [2.24, 2.45) is 0 Å². The van der Waals surface area contributed by atoms with Gasteiger partial charge in [0.15, 0.2) is 5.75 Å². The fourth-order valence-electron chi connectivity index (χ4n) is 3.27. The molecule has 170 valence electrons. The van der Waals surface area contributed by atoms with E-state index >= 15 is 0 Å². The number of nitro groups is 1. The summed E-state index contributed by atoms with van der Waals surface area (Å²) in [5.41, 5.74) is 0.664. The van der Waals surface area contributed by atoms with Crippen molar-refractivity contribution in [1.82, 2.24) is 5.32 Å². The predicted molar refractivity (Wildman–Crippen MR) is 127 cm³/mol. The maximum Gasteiger partial charge on any atom is 0.335 e. The monoisotopic (exact) mass is 521 g/mol. The number of barbiturate groups is 1. The Morgan fingerprint density at radius 2 is 1.71 bits per heavy atom. The summed E-state index contributed by atoms with van der Waals surface area (Å²) in [5, 5.41) is 13.7. The molecule has 0 saturated carbocycles. The van der Waals surface area contributed by atoms with E-state index in [9.17, 15) is 24.5 Å².